The van der Waals surface area contributed by atoms with Gasteiger partial charge in [0.25, 0.3) is 0 Å². The smallest absolute Gasteiger partial charge is 0.416 e. The molecule has 3 aromatic heterocycles. The van der Waals surface area contributed by atoms with E-state index < -0.39 is 17.4 Å². The van der Waals surface area contributed by atoms with Gasteiger partial charge in [0.2, 0.25) is 0 Å². The monoisotopic (exact) mass is 574 g/mol. The number of hydrogen-bond acceptors (Lipinski definition) is 6. The van der Waals surface area contributed by atoms with Crippen LogP contribution in [0.1, 0.15) is 16.3 Å². The number of nitrogens with zero attached hydrogens (tertiary/aromatic N) is 2. The number of fused-ring (bicyclic) bond motifs is 3. The van der Waals surface area contributed by atoms with Crippen molar-refractivity contribution in [3.8, 4) is 28.7 Å². The summed E-state index contributed by atoms with van der Waals surface area (Å²) in [5.74, 6) is 0.328. The number of thiazole rings is 1. The Kier molecular flexibility index (Phi) is 6.29. The van der Waals surface area contributed by atoms with E-state index in [2.05, 4.69) is 11.1 Å². The molecule has 0 saturated heterocycles. The third-order valence-corrected chi connectivity index (χ3v) is 7.45. The van der Waals surface area contributed by atoms with Crippen LogP contribution in [0.3, 0.4) is 0 Å². The first-order chi connectivity index (χ1) is 19.2. The Hall–Kier alpha value is -4.65. The molecule has 0 aliphatic heterocycles. The van der Waals surface area contributed by atoms with E-state index in [1.807, 2.05) is 30.3 Å². The molecule has 0 N–H and O–H groups in total. The van der Waals surface area contributed by atoms with E-state index in [1.165, 1.54) is 18.2 Å². The van der Waals surface area contributed by atoms with Crippen molar-refractivity contribution in [3.05, 3.63) is 110 Å². The Labute approximate surface area is 233 Å². The minimum atomic E-state index is -4.54. The molecule has 3 aromatic carbocycles. The van der Waals surface area contributed by atoms with Gasteiger partial charge in [-0.3, -0.25) is 0 Å². The maximum absolute atomic E-state index is 13.2. The second-order valence-corrected chi connectivity index (χ2v) is 10.0. The average Bonchev–Trinajstić information content (AvgIpc) is 3.61. The maximum atomic E-state index is 13.2. The molecule has 10 heteroatoms. The third kappa shape index (κ3) is 4.68. The van der Waals surface area contributed by atoms with Crippen LogP contribution in [0.5, 0.6) is 0 Å². The van der Waals surface area contributed by atoms with E-state index >= 15 is 0 Å². The van der Waals surface area contributed by atoms with Crippen LogP contribution in [0.2, 0.25) is 5.02 Å². The van der Waals surface area contributed by atoms with Crippen LogP contribution in [0.25, 0.3) is 56.0 Å². The van der Waals surface area contributed by atoms with Gasteiger partial charge in [0, 0.05) is 22.4 Å². The number of benzene rings is 3. The van der Waals surface area contributed by atoms with Crippen molar-refractivity contribution in [2.24, 2.45) is 0 Å². The van der Waals surface area contributed by atoms with E-state index in [0.717, 1.165) is 45.7 Å². The minimum Gasteiger partial charge on any atom is -0.457 e. The average molecular weight is 575 g/mol. The lowest BCUT2D eigenvalue weighted by atomic mass is 10.0. The number of halogens is 4. The number of nitriles is 1. The van der Waals surface area contributed by atoms with Gasteiger partial charge in [-0.15, -0.1) is 11.3 Å². The maximum Gasteiger partial charge on any atom is 0.416 e. The van der Waals surface area contributed by atoms with E-state index in [1.54, 1.807) is 17.5 Å². The van der Waals surface area contributed by atoms with Crippen LogP contribution in [-0.4, -0.2) is 4.98 Å². The molecule has 0 bridgehead atoms. The number of alkyl halides is 3. The van der Waals surface area contributed by atoms with Gasteiger partial charge in [-0.05, 0) is 53.2 Å². The van der Waals surface area contributed by atoms with Crippen molar-refractivity contribution < 1.29 is 22.0 Å². The Balaban J connectivity index is 1.35. The molecule has 0 unspecified atom stereocenters. The molecule has 5 nitrogen and oxygen atoms in total. The lowest BCUT2D eigenvalue weighted by Crippen LogP contribution is -2.04. The minimum absolute atomic E-state index is 0.0711. The first-order valence-electron chi connectivity index (χ1n) is 11.7. The van der Waals surface area contributed by atoms with Crippen LogP contribution in [0.15, 0.2) is 91.8 Å². The standard InChI is InChI=1S/C30H14ClF3N2O3S/c31-24-8-6-18(30(32,33)34)12-22(24)27-10-7-19(38-27)11-17(14-35)28-36-25(15-40-28)23-13-21-20-4-2-1-3-16(20)5-9-26(21)39-29(23)37/h1-13,15H. The van der Waals surface area contributed by atoms with E-state index in [4.69, 9.17) is 20.4 Å². The van der Waals surface area contributed by atoms with Crippen LogP contribution >= 0.6 is 22.9 Å². The predicted octanol–water partition coefficient (Wildman–Crippen LogP) is 9.07. The molecule has 6 rings (SSSR count). The summed E-state index contributed by atoms with van der Waals surface area (Å²) in [7, 11) is 0. The molecule has 0 aliphatic rings. The molecule has 0 spiro atoms. The van der Waals surface area contributed by atoms with Crippen molar-refractivity contribution in [3.63, 3.8) is 0 Å². The fraction of sp³-hybridized carbons (Fsp3) is 0.0333. The second-order valence-electron chi connectivity index (χ2n) is 8.75. The van der Waals surface area contributed by atoms with Crippen molar-refractivity contribution in [1.82, 2.24) is 4.98 Å². The number of furan rings is 1. The predicted molar refractivity (Wildman–Crippen MR) is 149 cm³/mol. The number of rotatable bonds is 4. The molecule has 0 saturated carbocycles. The lowest BCUT2D eigenvalue weighted by Gasteiger charge is -2.09. The largest absolute Gasteiger partial charge is 0.457 e. The molecule has 6 aromatic rings. The van der Waals surface area contributed by atoms with Gasteiger partial charge in [0.05, 0.1) is 27.4 Å². The van der Waals surface area contributed by atoms with Gasteiger partial charge in [0.15, 0.2) is 0 Å². The summed E-state index contributed by atoms with van der Waals surface area (Å²) in [5.41, 5.74) is -0.154. The van der Waals surface area contributed by atoms with Crippen LogP contribution in [0.4, 0.5) is 13.2 Å². The van der Waals surface area contributed by atoms with E-state index in [0.29, 0.717) is 16.3 Å². The first-order valence-corrected chi connectivity index (χ1v) is 13.0. The number of allylic oxidation sites excluding steroid dienone is 1. The Bertz CT molecular complexity index is 2070. The topological polar surface area (TPSA) is 80.0 Å². The van der Waals surface area contributed by atoms with Crippen molar-refractivity contribution in [1.29, 1.82) is 5.26 Å². The third-order valence-electron chi connectivity index (χ3n) is 6.25. The molecular formula is C30H14ClF3N2O3S. The van der Waals surface area contributed by atoms with Crippen LogP contribution < -0.4 is 5.63 Å². The fourth-order valence-electron chi connectivity index (χ4n) is 4.32. The van der Waals surface area contributed by atoms with Gasteiger partial charge < -0.3 is 8.83 Å². The summed E-state index contributed by atoms with van der Waals surface area (Å²) < 4.78 is 50.8. The summed E-state index contributed by atoms with van der Waals surface area (Å²) in [5, 5.41) is 14.5. The summed E-state index contributed by atoms with van der Waals surface area (Å²) >= 11 is 7.28. The van der Waals surface area contributed by atoms with Crippen LogP contribution in [-0.2, 0) is 6.18 Å². The zero-order valence-electron chi connectivity index (χ0n) is 20.1. The molecule has 0 aliphatic carbocycles. The first kappa shape index (κ1) is 25.6. The summed E-state index contributed by atoms with van der Waals surface area (Å²) in [6.45, 7) is 0. The quantitative estimate of drug-likeness (QED) is 0.119. The number of hydrogen-bond donors (Lipinski definition) is 0. The zero-order chi connectivity index (χ0) is 28.0. The number of aromatic nitrogens is 1. The SMILES string of the molecule is N#CC(=Cc1ccc(-c2cc(C(F)(F)F)ccc2Cl)o1)c1nc(-c2cc3c(ccc4ccccc43)oc2=O)cs1. The molecule has 40 heavy (non-hydrogen) atoms. The summed E-state index contributed by atoms with van der Waals surface area (Å²) in [4.78, 5) is 17.3. The highest BCUT2D eigenvalue weighted by Crippen LogP contribution is 2.37. The highest BCUT2D eigenvalue weighted by atomic mass is 35.5. The zero-order valence-corrected chi connectivity index (χ0v) is 21.7. The Morgan fingerprint density at radius 3 is 2.60 bits per heavy atom. The highest BCUT2D eigenvalue weighted by Gasteiger charge is 2.31. The van der Waals surface area contributed by atoms with Gasteiger partial charge in [-0.2, -0.15) is 18.4 Å². The Morgan fingerprint density at radius 2 is 1.80 bits per heavy atom. The molecule has 0 atom stereocenters. The molecule has 3 heterocycles. The van der Waals surface area contributed by atoms with Gasteiger partial charge in [-0.25, -0.2) is 9.78 Å². The molecular weight excluding hydrogens is 561 g/mol. The Morgan fingerprint density at radius 1 is 0.975 bits per heavy atom. The van der Waals surface area contributed by atoms with E-state index in [9.17, 15) is 23.2 Å². The van der Waals surface area contributed by atoms with Crippen molar-refractivity contribution in [2.45, 2.75) is 6.18 Å². The fourth-order valence-corrected chi connectivity index (χ4v) is 5.32. The molecule has 0 radical (unpaired) electrons. The summed E-state index contributed by atoms with van der Waals surface area (Å²) in [6.07, 6.45) is -3.12. The second kappa shape index (κ2) is 9.83. The molecule has 0 fully saturated rings. The van der Waals surface area contributed by atoms with Crippen molar-refractivity contribution in [2.75, 3.05) is 0 Å². The van der Waals surface area contributed by atoms with E-state index in [-0.39, 0.29) is 33.2 Å². The van der Waals surface area contributed by atoms with Crippen molar-refractivity contribution >= 4 is 56.3 Å². The lowest BCUT2D eigenvalue weighted by molar-refractivity contribution is -0.137. The highest BCUT2D eigenvalue weighted by molar-refractivity contribution is 7.11. The normalized spacial score (nSPS) is 12.2. The van der Waals surface area contributed by atoms with Gasteiger partial charge in [-0.1, -0.05) is 41.9 Å². The van der Waals surface area contributed by atoms with Gasteiger partial charge >= 0.3 is 11.8 Å². The van der Waals surface area contributed by atoms with Crippen LogP contribution in [0, 0.1) is 11.3 Å². The molecule has 0 amide bonds. The molecule has 196 valence electrons. The van der Waals surface area contributed by atoms with Gasteiger partial charge in [0.1, 0.15) is 28.2 Å². The summed E-state index contributed by atoms with van der Waals surface area (Å²) in [6, 6.07) is 21.1.